The van der Waals surface area contributed by atoms with Crippen molar-refractivity contribution in [2.75, 3.05) is 13.7 Å². The molecule has 4 rings (SSSR count). The number of rotatable bonds is 5. The SMILES string of the molecule is CCOC(=O)C1=c2s/c(=C/c3cccnc3)c(=O)n2C(N)=C(C(=O)OC)C1c1cccnc1. The Labute approximate surface area is 192 Å². The number of carbonyl (C=O) groups is 2. The van der Waals surface area contributed by atoms with Crippen molar-refractivity contribution >= 4 is 40.7 Å². The van der Waals surface area contributed by atoms with Crippen LogP contribution in [0.1, 0.15) is 24.0 Å². The molecular weight excluding hydrogens is 444 g/mol. The maximum Gasteiger partial charge on any atom is 0.338 e. The highest BCUT2D eigenvalue weighted by molar-refractivity contribution is 7.07. The number of ether oxygens (including phenoxy) is 2. The van der Waals surface area contributed by atoms with E-state index in [-0.39, 0.29) is 28.2 Å². The van der Waals surface area contributed by atoms with Crippen LogP contribution in [-0.4, -0.2) is 40.2 Å². The van der Waals surface area contributed by atoms with E-state index in [0.717, 1.165) is 15.9 Å². The average molecular weight is 465 g/mol. The molecule has 2 N–H and O–H groups in total. The summed E-state index contributed by atoms with van der Waals surface area (Å²) in [6.07, 6.45) is 7.99. The molecule has 1 atom stereocenters. The largest absolute Gasteiger partial charge is 0.466 e. The first kappa shape index (κ1) is 22.2. The van der Waals surface area contributed by atoms with Crippen molar-refractivity contribution in [3.8, 4) is 0 Å². The number of aromatic nitrogens is 3. The van der Waals surface area contributed by atoms with Crippen molar-refractivity contribution in [1.29, 1.82) is 0 Å². The second kappa shape index (κ2) is 9.21. The third-order valence-electron chi connectivity index (χ3n) is 5.05. The molecule has 3 aromatic heterocycles. The highest BCUT2D eigenvalue weighted by Crippen LogP contribution is 2.37. The number of hydrogen-bond donors (Lipinski definition) is 1. The molecule has 4 heterocycles. The first-order valence-corrected chi connectivity index (χ1v) is 10.8. The second-order valence-corrected chi connectivity index (χ2v) is 8.02. The maximum atomic E-state index is 13.3. The van der Waals surface area contributed by atoms with Crippen molar-refractivity contribution < 1.29 is 19.1 Å². The summed E-state index contributed by atoms with van der Waals surface area (Å²) in [6, 6.07) is 6.94. The van der Waals surface area contributed by atoms with E-state index in [2.05, 4.69) is 9.97 Å². The van der Waals surface area contributed by atoms with E-state index in [1.54, 1.807) is 55.9 Å². The van der Waals surface area contributed by atoms with Gasteiger partial charge in [-0.15, -0.1) is 11.3 Å². The van der Waals surface area contributed by atoms with E-state index in [4.69, 9.17) is 15.2 Å². The quantitative estimate of drug-likeness (QED) is 0.536. The molecule has 0 saturated heterocycles. The van der Waals surface area contributed by atoms with Gasteiger partial charge in [0.05, 0.1) is 35.3 Å². The van der Waals surface area contributed by atoms with Crippen molar-refractivity contribution in [3.05, 3.63) is 85.3 Å². The summed E-state index contributed by atoms with van der Waals surface area (Å²) in [5, 5.41) is 0. The molecule has 0 radical (unpaired) electrons. The Morgan fingerprint density at radius 1 is 1.15 bits per heavy atom. The predicted octanol–water partition coefficient (Wildman–Crippen LogP) is 0.340. The van der Waals surface area contributed by atoms with Crippen LogP contribution in [0, 0.1) is 0 Å². The summed E-state index contributed by atoms with van der Waals surface area (Å²) in [4.78, 5) is 47.5. The van der Waals surface area contributed by atoms with E-state index in [0.29, 0.717) is 15.7 Å². The van der Waals surface area contributed by atoms with Gasteiger partial charge >= 0.3 is 11.9 Å². The number of pyridine rings is 2. The predicted molar refractivity (Wildman–Crippen MR) is 122 cm³/mol. The molecular formula is C23H20N4O5S. The lowest BCUT2D eigenvalue weighted by molar-refractivity contribution is -0.136. The van der Waals surface area contributed by atoms with Crippen LogP contribution in [-0.2, 0) is 19.1 Å². The Kier molecular flexibility index (Phi) is 6.18. The van der Waals surface area contributed by atoms with Crippen LogP contribution in [0.3, 0.4) is 0 Å². The van der Waals surface area contributed by atoms with Crippen molar-refractivity contribution in [3.63, 3.8) is 0 Å². The van der Waals surface area contributed by atoms with E-state index in [1.807, 2.05) is 0 Å². The zero-order valence-electron chi connectivity index (χ0n) is 17.8. The summed E-state index contributed by atoms with van der Waals surface area (Å²) in [7, 11) is 1.21. The van der Waals surface area contributed by atoms with Crippen LogP contribution >= 0.6 is 11.3 Å². The van der Waals surface area contributed by atoms with Crippen molar-refractivity contribution in [2.45, 2.75) is 12.8 Å². The molecule has 1 aliphatic heterocycles. The number of methoxy groups -OCH3 is 1. The number of nitrogens with two attached hydrogens (primary N) is 1. The fourth-order valence-corrected chi connectivity index (χ4v) is 4.82. The maximum absolute atomic E-state index is 13.3. The molecule has 0 saturated carbocycles. The number of carbonyl (C=O) groups excluding carboxylic acids is 2. The Bertz CT molecular complexity index is 1420. The van der Waals surface area contributed by atoms with Crippen LogP contribution in [0.15, 0.2) is 59.4 Å². The van der Waals surface area contributed by atoms with E-state index < -0.39 is 23.4 Å². The topological polar surface area (TPSA) is 126 Å². The highest BCUT2D eigenvalue weighted by atomic mass is 32.1. The lowest BCUT2D eigenvalue weighted by Crippen LogP contribution is -2.41. The summed E-state index contributed by atoms with van der Waals surface area (Å²) in [5.41, 5.74) is 7.23. The lowest BCUT2D eigenvalue weighted by atomic mass is 9.84. The molecule has 0 aliphatic carbocycles. The van der Waals surface area contributed by atoms with E-state index >= 15 is 0 Å². The van der Waals surface area contributed by atoms with E-state index in [9.17, 15) is 14.4 Å². The van der Waals surface area contributed by atoms with Gasteiger partial charge in [-0.2, -0.15) is 0 Å². The van der Waals surface area contributed by atoms with Crippen molar-refractivity contribution in [2.24, 2.45) is 5.73 Å². The minimum Gasteiger partial charge on any atom is -0.466 e. The molecule has 10 heteroatoms. The Hall–Kier alpha value is -4.05. The molecule has 0 spiro atoms. The zero-order valence-corrected chi connectivity index (χ0v) is 18.7. The molecule has 168 valence electrons. The number of nitrogens with zero attached hydrogens (tertiary/aromatic N) is 3. The fraction of sp³-hybridized carbons (Fsp3) is 0.174. The Morgan fingerprint density at radius 3 is 2.48 bits per heavy atom. The lowest BCUT2D eigenvalue weighted by Gasteiger charge is -2.26. The fourth-order valence-electron chi connectivity index (χ4n) is 3.66. The van der Waals surface area contributed by atoms with Crippen molar-refractivity contribution in [1.82, 2.24) is 14.5 Å². The average Bonchev–Trinajstić information content (AvgIpc) is 3.15. The summed E-state index contributed by atoms with van der Waals surface area (Å²) in [5.74, 6) is -2.45. The summed E-state index contributed by atoms with van der Waals surface area (Å²) >= 11 is 1.09. The summed E-state index contributed by atoms with van der Waals surface area (Å²) < 4.78 is 12.0. The summed E-state index contributed by atoms with van der Waals surface area (Å²) in [6.45, 7) is 1.79. The molecule has 9 nitrogen and oxygen atoms in total. The van der Waals surface area contributed by atoms with Gasteiger partial charge in [-0.05, 0) is 36.3 Å². The van der Waals surface area contributed by atoms with Gasteiger partial charge in [0.15, 0.2) is 0 Å². The first-order chi connectivity index (χ1) is 16.0. The van der Waals surface area contributed by atoms with Gasteiger partial charge in [-0.25, -0.2) is 9.59 Å². The van der Waals surface area contributed by atoms with Gasteiger partial charge < -0.3 is 15.2 Å². The van der Waals surface area contributed by atoms with Gasteiger partial charge in [-0.3, -0.25) is 19.3 Å². The molecule has 1 unspecified atom stereocenters. The molecule has 0 bridgehead atoms. The van der Waals surface area contributed by atoms with Gasteiger partial charge in [0.25, 0.3) is 5.56 Å². The van der Waals surface area contributed by atoms with Crippen LogP contribution in [0.25, 0.3) is 17.5 Å². The zero-order chi connectivity index (χ0) is 23.5. The number of esters is 2. The van der Waals surface area contributed by atoms with Gasteiger partial charge in [0.2, 0.25) is 0 Å². The number of fused-ring (bicyclic) bond motifs is 1. The molecule has 3 aromatic rings. The number of thiazole rings is 1. The van der Waals surface area contributed by atoms with Crippen LogP contribution < -0.4 is 20.5 Å². The van der Waals surface area contributed by atoms with Gasteiger partial charge in [0, 0.05) is 24.8 Å². The molecule has 33 heavy (non-hydrogen) atoms. The smallest absolute Gasteiger partial charge is 0.338 e. The van der Waals surface area contributed by atoms with Gasteiger partial charge in [0.1, 0.15) is 10.5 Å². The third kappa shape index (κ3) is 3.96. The van der Waals surface area contributed by atoms with Crippen LogP contribution in [0.4, 0.5) is 0 Å². The van der Waals surface area contributed by atoms with Crippen LogP contribution in [0.5, 0.6) is 0 Å². The van der Waals surface area contributed by atoms with E-state index in [1.165, 1.54) is 13.3 Å². The second-order valence-electron chi connectivity index (χ2n) is 6.99. The molecule has 0 fully saturated rings. The standard InChI is InChI=1S/C23H20N4O5S/c1-3-32-23(30)18-16(14-7-5-9-26-12-14)17(22(29)31-2)19(24)27-20(28)15(33-21(18)27)10-13-6-4-8-25-11-13/h4-12,16H,3,24H2,1-2H3/b15-10+. The Balaban J connectivity index is 2.13. The monoisotopic (exact) mass is 464 g/mol. The third-order valence-corrected chi connectivity index (χ3v) is 6.16. The van der Waals surface area contributed by atoms with Crippen LogP contribution in [0.2, 0.25) is 0 Å². The minimum atomic E-state index is -0.922. The van der Waals surface area contributed by atoms with Gasteiger partial charge in [-0.1, -0.05) is 12.1 Å². The Morgan fingerprint density at radius 2 is 1.88 bits per heavy atom. The highest BCUT2D eigenvalue weighted by Gasteiger charge is 2.39. The first-order valence-electron chi connectivity index (χ1n) is 10.0. The molecule has 1 aliphatic rings. The minimum absolute atomic E-state index is 0.0334. The number of hydrogen-bond acceptors (Lipinski definition) is 9. The molecule has 0 amide bonds. The normalized spacial score (nSPS) is 15.9. The molecule has 0 aromatic carbocycles.